The van der Waals surface area contributed by atoms with E-state index in [1.54, 1.807) is 12.4 Å². The predicted molar refractivity (Wildman–Crippen MR) is 76.7 cm³/mol. The second kappa shape index (κ2) is 5.57. The average Bonchev–Trinajstić information content (AvgIpc) is 3.09. The van der Waals surface area contributed by atoms with Crippen LogP contribution in [0.1, 0.15) is 53.3 Å². The SMILES string of the molecule is Cc1ccncc1C(=O)Cc1ccn(C2CCCC2)n1. The van der Waals surface area contributed by atoms with Gasteiger partial charge in [0, 0.05) is 24.2 Å². The summed E-state index contributed by atoms with van der Waals surface area (Å²) < 4.78 is 2.03. The summed E-state index contributed by atoms with van der Waals surface area (Å²) in [5, 5.41) is 4.56. The number of aryl methyl sites for hydroxylation is 1. The van der Waals surface area contributed by atoms with Crippen LogP contribution in [0, 0.1) is 6.92 Å². The van der Waals surface area contributed by atoms with Gasteiger partial charge in [-0.15, -0.1) is 0 Å². The maximum absolute atomic E-state index is 12.3. The molecule has 3 rings (SSSR count). The maximum Gasteiger partial charge on any atom is 0.170 e. The van der Waals surface area contributed by atoms with E-state index in [0.717, 1.165) is 11.3 Å². The molecule has 0 saturated heterocycles. The summed E-state index contributed by atoms with van der Waals surface area (Å²) in [5.74, 6) is 0.0901. The molecule has 0 atom stereocenters. The summed E-state index contributed by atoms with van der Waals surface area (Å²) in [5.41, 5.74) is 2.52. The van der Waals surface area contributed by atoms with Gasteiger partial charge in [-0.25, -0.2) is 0 Å². The first kappa shape index (κ1) is 13.0. The Kier molecular flexibility index (Phi) is 3.63. The molecule has 2 aromatic rings. The second-order valence-electron chi connectivity index (χ2n) is 5.52. The summed E-state index contributed by atoms with van der Waals surface area (Å²) in [4.78, 5) is 16.3. The first-order valence-electron chi connectivity index (χ1n) is 7.22. The highest BCUT2D eigenvalue weighted by atomic mass is 16.1. The van der Waals surface area contributed by atoms with Crippen LogP contribution in [-0.2, 0) is 6.42 Å². The van der Waals surface area contributed by atoms with Crippen molar-refractivity contribution in [2.24, 2.45) is 0 Å². The van der Waals surface area contributed by atoms with Crippen LogP contribution >= 0.6 is 0 Å². The molecule has 20 heavy (non-hydrogen) atoms. The average molecular weight is 269 g/mol. The smallest absolute Gasteiger partial charge is 0.170 e. The van der Waals surface area contributed by atoms with E-state index in [4.69, 9.17) is 0 Å². The van der Waals surface area contributed by atoms with Crippen molar-refractivity contribution in [3.8, 4) is 0 Å². The van der Waals surface area contributed by atoms with Gasteiger partial charge in [0.2, 0.25) is 0 Å². The normalized spacial score (nSPS) is 15.7. The van der Waals surface area contributed by atoms with Crippen LogP contribution in [0.15, 0.2) is 30.7 Å². The maximum atomic E-state index is 12.3. The molecule has 104 valence electrons. The molecule has 4 nitrogen and oxygen atoms in total. The number of hydrogen-bond acceptors (Lipinski definition) is 3. The number of ketones is 1. The van der Waals surface area contributed by atoms with Crippen molar-refractivity contribution in [2.75, 3.05) is 0 Å². The molecule has 0 aromatic carbocycles. The number of nitrogens with zero attached hydrogens (tertiary/aromatic N) is 3. The molecule has 2 heterocycles. The van der Waals surface area contributed by atoms with Crippen LogP contribution in [0.5, 0.6) is 0 Å². The minimum absolute atomic E-state index is 0.0901. The minimum Gasteiger partial charge on any atom is -0.294 e. The van der Waals surface area contributed by atoms with E-state index >= 15 is 0 Å². The van der Waals surface area contributed by atoms with Gasteiger partial charge in [-0.3, -0.25) is 14.5 Å². The van der Waals surface area contributed by atoms with Crippen LogP contribution in [0.4, 0.5) is 0 Å². The zero-order chi connectivity index (χ0) is 13.9. The fourth-order valence-corrected chi connectivity index (χ4v) is 2.86. The van der Waals surface area contributed by atoms with Crippen molar-refractivity contribution in [1.29, 1.82) is 0 Å². The highest BCUT2D eigenvalue weighted by Gasteiger charge is 2.18. The summed E-state index contributed by atoms with van der Waals surface area (Å²) in [6.07, 6.45) is 10.7. The Bertz CT molecular complexity index is 612. The van der Waals surface area contributed by atoms with Gasteiger partial charge in [-0.1, -0.05) is 12.8 Å². The highest BCUT2D eigenvalue weighted by Crippen LogP contribution is 2.28. The van der Waals surface area contributed by atoms with Crippen LogP contribution in [0.25, 0.3) is 0 Å². The summed E-state index contributed by atoms with van der Waals surface area (Å²) in [7, 11) is 0. The van der Waals surface area contributed by atoms with Crippen molar-refractivity contribution in [3.05, 3.63) is 47.5 Å². The lowest BCUT2D eigenvalue weighted by atomic mass is 10.0. The fraction of sp³-hybridized carbons (Fsp3) is 0.438. The highest BCUT2D eigenvalue weighted by molar-refractivity contribution is 5.98. The van der Waals surface area contributed by atoms with E-state index in [0.29, 0.717) is 18.0 Å². The molecule has 0 spiro atoms. The molecule has 1 aliphatic rings. The standard InChI is InChI=1S/C16H19N3O/c1-12-6-8-17-11-15(12)16(20)10-13-7-9-19(18-13)14-4-2-3-5-14/h6-9,11,14H,2-5,10H2,1H3. The van der Waals surface area contributed by atoms with Crippen LogP contribution in [-0.4, -0.2) is 20.5 Å². The lowest BCUT2D eigenvalue weighted by Gasteiger charge is -2.08. The number of carbonyl (C=O) groups is 1. The van der Waals surface area contributed by atoms with Gasteiger partial charge in [0.1, 0.15) is 0 Å². The fourth-order valence-electron chi connectivity index (χ4n) is 2.86. The number of rotatable bonds is 4. The van der Waals surface area contributed by atoms with Crippen LogP contribution in [0.2, 0.25) is 0 Å². The molecule has 1 aliphatic carbocycles. The molecule has 1 fully saturated rings. The zero-order valence-electron chi connectivity index (χ0n) is 11.7. The second-order valence-corrected chi connectivity index (χ2v) is 5.52. The van der Waals surface area contributed by atoms with E-state index in [9.17, 15) is 4.79 Å². The van der Waals surface area contributed by atoms with Crippen LogP contribution in [0.3, 0.4) is 0 Å². The number of pyridine rings is 1. The van der Waals surface area contributed by atoms with E-state index in [-0.39, 0.29) is 5.78 Å². The third-order valence-corrected chi connectivity index (χ3v) is 4.04. The molecule has 0 aliphatic heterocycles. The summed E-state index contributed by atoms with van der Waals surface area (Å²) in [6, 6.07) is 4.35. The Morgan fingerprint density at radius 2 is 2.15 bits per heavy atom. The Labute approximate surface area is 118 Å². The van der Waals surface area contributed by atoms with Gasteiger partial charge in [-0.2, -0.15) is 5.10 Å². The molecule has 0 N–H and O–H groups in total. The van der Waals surface area contributed by atoms with Gasteiger partial charge in [-0.05, 0) is 37.5 Å². The topological polar surface area (TPSA) is 47.8 Å². The number of Topliss-reactive ketones (excluding diaryl/α,β-unsaturated/α-hetero) is 1. The number of aromatic nitrogens is 3. The molecule has 1 saturated carbocycles. The van der Waals surface area contributed by atoms with Gasteiger partial charge in [0.15, 0.2) is 5.78 Å². The van der Waals surface area contributed by atoms with Gasteiger partial charge in [0.05, 0.1) is 18.2 Å². The van der Waals surface area contributed by atoms with E-state index in [1.165, 1.54) is 25.7 Å². The van der Waals surface area contributed by atoms with Crippen LogP contribution < -0.4 is 0 Å². The summed E-state index contributed by atoms with van der Waals surface area (Å²) in [6.45, 7) is 1.94. The third kappa shape index (κ3) is 2.64. The van der Waals surface area contributed by atoms with Crippen molar-refractivity contribution in [2.45, 2.75) is 45.1 Å². The Hall–Kier alpha value is -1.97. The lowest BCUT2D eigenvalue weighted by Crippen LogP contribution is -2.09. The molecular weight excluding hydrogens is 250 g/mol. The van der Waals surface area contributed by atoms with Gasteiger partial charge < -0.3 is 0 Å². The third-order valence-electron chi connectivity index (χ3n) is 4.04. The molecule has 4 heteroatoms. The van der Waals surface area contributed by atoms with Gasteiger partial charge >= 0.3 is 0 Å². The Morgan fingerprint density at radius 1 is 1.35 bits per heavy atom. The quantitative estimate of drug-likeness (QED) is 0.801. The Morgan fingerprint density at radius 3 is 2.90 bits per heavy atom. The number of hydrogen-bond donors (Lipinski definition) is 0. The lowest BCUT2D eigenvalue weighted by molar-refractivity contribution is 0.0990. The monoisotopic (exact) mass is 269 g/mol. The zero-order valence-corrected chi connectivity index (χ0v) is 11.7. The first-order chi connectivity index (χ1) is 9.74. The van der Waals surface area contributed by atoms with Crippen molar-refractivity contribution < 1.29 is 4.79 Å². The van der Waals surface area contributed by atoms with Crippen molar-refractivity contribution in [3.63, 3.8) is 0 Å². The molecule has 0 amide bonds. The predicted octanol–water partition coefficient (Wildman–Crippen LogP) is 3.13. The van der Waals surface area contributed by atoms with Crippen molar-refractivity contribution >= 4 is 5.78 Å². The molecule has 2 aromatic heterocycles. The van der Waals surface area contributed by atoms with E-state index < -0.39 is 0 Å². The number of carbonyl (C=O) groups excluding carboxylic acids is 1. The Balaban J connectivity index is 1.72. The first-order valence-corrected chi connectivity index (χ1v) is 7.22. The molecule has 0 radical (unpaired) electrons. The largest absolute Gasteiger partial charge is 0.294 e. The van der Waals surface area contributed by atoms with E-state index in [2.05, 4.69) is 10.1 Å². The van der Waals surface area contributed by atoms with E-state index in [1.807, 2.05) is 29.9 Å². The minimum atomic E-state index is 0.0901. The van der Waals surface area contributed by atoms with Gasteiger partial charge in [0.25, 0.3) is 0 Å². The summed E-state index contributed by atoms with van der Waals surface area (Å²) >= 11 is 0. The molecule has 0 unspecified atom stereocenters. The molecule has 0 bridgehead atoms. The molecular formula is C16H19N3O. The van der Waals surface area contributed by atoms with Crippen molar-refractivity contribution in [1.82, 2.24) is 14.8 Å².